The second kappa shape index (κ2) is 7.07. The van der Waals surface area contributed by atoms with Gasteiger partial charge in [-0.1, -0.05) is 26.0 Å². The zero-order chi connectivity index (χ0) is 15.2. The van der Waals surface area contributed by atoms with E-state index in [0.29, 0.717) is 18.1 Å². The molecule has 0 bridgehead atoms. The minimum Gasteiger partial charge on any atom is -0.494 e. The van der Waals surface area contributed by atoms with Crippen molar-refractivity contribution in [3.05, 3.63) is 36.0 Å². The molecule has 2 rings (SSSR count). The Hall–Kier alpha value is -2.10. The molecule has 0 radical (unpaired) electrons. The normalized spacial score (nSPS) is 10.9. The van der Waals surface area contributed by atoms with Gasteiger partial charge in [-0.3, -0.25) is 9.48 Å². The van der Waals surface area contributed by atoms with Gasteiger partial charge in [0.1, 0.15) is 11.4 Å². The summed E-state index contributed by atoms with van der Waals surface area (Å²) in [4.78, 5) is 11.3. The SMILES string of the molecule is CCOc1cccc(-c2nn(CCC(C)C)cc2C=O)c1. The molecule has 1 aromatic heterocycles. The fraction of sp³-hybridized carbons (Fsp3) is 0.412. The molecule has 0 fully saturated rings. The summed E-state index contributed by atoms with van der Waals surface area (Å²) in [5.74, 6) is 1.40. The first-order valence-electron chi connectivity index (χ1n) is 7.40. The van der Waals surface area contributed by atoms with Crippen molar-refractivity contribution in [3.63, 3.8) is 0 Å². The predicted octanol–water partition coefficient (Wildman–Crippen LogP) is 3.81. The molecule has 0 aliphatic rings. The van der Waals surface area contributed by atoms with Gasteiger partial charge in [0.05, 0.1) is 12.2 Å². The van der Waals surface area contributed by atoms with Gasteiger partial charge in [-0.05, 0) is 31.4 Å². The molecule has 1 aromatic carbocycles. The van der Waals surface area contributed by atoms with E-state index in [1.54, 1.807) is 0 Å². The van der Waals surface area contributed by atoms with Crippen LogP contribution in [0.1, 0.15) is 37.6 Å². The lowest BCUT2D eigenvalue weighted by Gasteiger charge is -2.05. The molecule has 4 nitrogen and oxygen atoms in total. The Kier molecular flexibility index (Phi) is 5.14. The van der Waals surface area contributed by atoms with E-state index in [9.17, 15) is 4.79 Å². The Labute approximate surface area is 125 Å². The molecule has 0 aliphatic carbocycles. The molecule has 112 valence electrons. The van der Waals surface area contributed by atoms with E-state index in [4.69, 9.17) is 4.74 Å². The third-order valence-electron chi connectivity index (χ3n) is 3.27. The van der Waals surface area contributed by atoms with E-state index in [1.807, 2.05) is 42.1 Å². The quantitative estimate of drug-likeness (QED) is 0.727. The number of aldehydes is 1. The fourth-order valence-electron chi connectivity index (χ4n) is 2.15. The highest BCUT2D eigenvalue weighted by Crippen LogP contribution is 2.25. The van der Waals surface area contributed by atoms with Crippen molar-refractivity contribution < 1.29 is 9.53 Å². The van der Waals surface area contributed by atoms with Crippen LogP contribution in [0.4, 0.5) is 0 Å². The van der Waals surface area contributed by atoms with Crippen molar-refractivity contribution in [1.82, 2.24) is 9.78 Å². The molecule has 0 spiro atoms. The van der Waals surface area contributed by atoms with Gasteiger partial charge in [-0.15, -0.1) is 0 Å². The third-order valence-corrected chi connectivity index (χ3v) is 3.27. The van der Waals surface area contributed by atoms with Gasteiger partial charge in [-0.2, -0.15) is 5.10 Å². The standard InChI is InChI=1S/C17H22N2O2/c1-4-21-16-7-5-6-14(10-16)17-15(12-20)11-19(18-17)9-8-13(2)3/h5-7,10-13H,4,8-9H2,1-3H3. The Morgan fingerprint density at radius 1 is 1.38 bits per heavy atom. The maximum atomic E-state index is 11.3. The zero-order valence-electron chi connectivity index (χ0n) is 12.9. The highest BCUT2D eigenvalue weighted by Gasteiger charge is 2.11. The number of ether oxygens (including phenoxy) is 1. The fourth-order valence-corrected chi connectivity index (χ4v) is 2.15. The Morgan fingerprint density at radius 2 is 2.19 bits per heavy atom. The first-order chi connectivity index (χ1) is 10.1. The lowest BCUT2D eigenvalue weighted by molar-refractivity contribution is 0.112. The summed E-state index contributed by atoms with van der Waals surface area (Å²) in [5, 5.41) is 4.55. The van der Waals surface area contributed by atoms with E-state index >= 15 is 0 Å². The summed E-state index contributed by atoms with van der Waals surface area (Å²) in [7, 11) is 0. The Balaban J connectivity index is 2.29. The number of hydrogen-bond acceptors (Lipinski definition) is 3. The molecule has 0 unspecified atom stereocenters. The first kappa shape index (κ1) is 15.3. The minimum absolute atomic E-state index is 0.610. The number of aryl methyl sites for hydroxylation is 1. The van der Waals surface area contributed by atoms with Crippen LogP contribution in [0.3, 0.4) is 0 Å². The Bertz CT molecular complexity index is 603. The molecular weight excluding hydrogens is 264 g/mol. The molecule has 0 atom stereocenters. The van der Waals surface area contributed by atoms with Gasteiger partial charge >= 0.3 is 0 Å². The van der Waals surface area contributed by atoms with Crippen LogP contribution in [-0.4, -0.2) is 22.7 Å². The molecule has 0 N–H and O–H groups in total. The average molecular weight is 286 g/mol. The molecule has 2 aromatic rings. The lowest BCUT2D eigenvalue weighted by Crippen LogP contribution is -2.02. The molecule has 0 saturated carbocycles. The number of carbonyl (C=O) groups excluding carboxylic acids is 1. The van der Waals surface area contributed by atoms with Gasteiger partial charge in [0.2, 0.25) is 0 Å². The minimum atomic E-state index is 0.610. The van der Waals surface area contributed by atoms with Gasteiger partial charge in [0, 0.05) is 18.3 Å². The van der Waals surface area contributed by atoms with Crippen LogP contribution in [0, 0.1) is 5.92 Å². The first-order valence-corrected chi connectivity index (χ1v) is 7.40. The second-order valence-corrected chi connectivity index (χ2v) is 5.46. The van der Waals surface area contributed by atoms with Crippen LogP contribution < -0.4 is 4.74 Å². The van der Waals surface area contributed by atoms with E-state index in [1.165, 1.54) is 0 Å². The summed E-state index contributed by atoms with van der Waals surface area (Å²) in [6.07, 6.45) is 3.72. The van der Waals surface area contributed by atoms with E-state index in [2.05, 4.69) is 18.9 Å². The predicted molar refractivity (Wildman–Crippen MR) is 83.7 cm³/mol. The number of benzene rings is 1. The van der Waals surface area contributed by atoms with Crippen LogP contribution in [0.2, 0.25) is 0 Å². The summed E-state index contributed by atoms with van der Waals surface area (Å²) in [5.41, 5.74) is 2.24. The van der Waals surface area contributed by atoms with Crippen molar-refractivity contribution in [2.45, 2.75) is 33.7 Å². The van der Waals surface area contributed by atoms with Crippen LogP contribution in [0.15, 0.2) is 30.5 Å². The van der Waals surface area contributed by atoms with Crippen LogP contribution in [0.25, 0.3) is 11.3 Å². The van der Waals surface area contributed by atoms with E-state index in [0.717, 1.165) is 36.3 Å². The van der Waals surface area contributed by atoms with Crippen molar-refractivity contribution in [2.24, 2.45) is 5.92 Å². The molecule has 0 aliphatic heterocycles. The zero-order valence-corrected chi connectivity index (χ0v) is 12.9. The summed E-state index contributed by atoms with van der Waals surface area (Å²) in [6.45, 7) is 7.74. The topological polar surface area (TPSA) is 44.1 Å². The van der Waals surface area contributed by atoms with Gasteiger partial charge < -0.3 is 4.74 Å². The summed E-state index contributed by atoms with van der Waals surface area (Å²) >= 11 is 0. The average Bonchev–Trinajstić information content (AvgIpc) is 2.89. The number of rotatable bonds is 7. The highest BCUT2D eigenvalue weighted by molar-refractivity contribution is 5.85. The molecule has 21 heavy (non-hydrogen) atoms. The van der Waals surface area contributed by atoms with Crippen LogP contribution in [0.5, 0.6) is 5.75 Å². The number of aromatic nitrogens is 2. The number of hydrogen-bond donors (Lipinski definition) is 0. The highest BCUT2D eigenvalue weighted by atomic mass is 16.5. The van der Waals surface area contributed by atoms with Gasteiger partial charge in [-0.25, -0.2) is 0 Å². The molecule has 1 heterocycles. The maximum absolute atomic E-state index is 11.3. The van der Waals surface area contributed by atoms with Crippen molar-refractivity contribution in [1.29, 1.82) is 0 Å². The maximum Gasteiger partial charge on any atom is 0.153 e. The summed E-state index contributed by atoms with van der Waals surface area (Å²) in [6, 6.07) is 7.70. The van der Waals surface area contributed by atoms with Crippen molar-refractivity contribution in [3.8, 4) is 17.0 Å². The van der Waals surface area contributed by atoms with Gasteiger partial charge in [0.25, 0.3) is 0 Å². The molecule has 0 saturated heterocycles. The third kappa shape index (κ3) is 3.94. The van der Waals surface area contributed by atoms with Crippen molar-refractivity contribution in [2.75, 3.05) is 6.61 Å². The summed E-state index contributed by atoms with van der Waals surface area (Å²) < 4.78 is 7.36. The van der Waals surface area contributed by atoms with Crippen molar-refractivity contribution >= 4 is 6.29 Å². The lowest BCUT2D eigenvalue weighted by atomic mass is 10.1. The largest absolute Gasteiger partial charge is 0.494 e. The number of nitrogens with zero attached hydrogens (tertiary/aromatic N) is 2. The smallest absolute Gasteiger partial charge is 0.153 e. The molecular formula is C17H22N2O2. The van der Waals surface area contributed by atoms with Crippen LogP contribution >= 0.6 is 0 Å². The van der Waals surface area contributed by atoms with E-state index in [-0.39, 0.29) is 0 Å². The van der Waals surface area contributed by atoms with E-state index < -0.39 is 0 Å². The molecule has 4 heteroatoms. The number of carbonyl (C=O) groups is 1. The van der Waals surface area contributed by atoms with Crippen LogP contribution in [-0.2, 0) is 6.54 Å². The monoisotopic (exact) mass is 286 g/mol. The molecule has 0 amide bonds. The van der Waals surface area contributed by atoms with Gasteiger partial charge in [0.15, 0.2) is 6.29 Å². The Morgan fingerprint density at radius 3 is 2.86 bits per heavy atom. The second-order valence-electron chi connectivity index (χ2n) is 5.46.